The van der Waals surface area contributed by atoms with Crippen LogP contribution in [-0.2, 0) is 0 Å². The highest BCUT2D eigenvalue weighted by atomic mass is 32.1. The molecule has 0 amide bonds. The third-order valence-corrected chi connectivity index (χ3v) is 2.69. The van der Waals surface area contributed by atoms with Gasteiger partial charge in [0.25, 0.3) is 0 Å². The third-order valence-electron chi connectivity index (χ3n) is 1.60. The highest BCUT2D eigenvalue weighted by Gasteiger charge is 2.09. The third kappa shape index (κ3) is 1.19. The molecule has 0 saturated heterocycles. The normalized spacial score (nSPS) is 10.6. The molecule has 0 radical (unpaired) electrons. The molecule has 2 aromatic heterocycles. The van der Waals surface area contributed by atoms with Gasteiger partial charge in [-0.25, -0.2) is 4.98 Å². The standard InChI is InChI=1S/C7H8N4OS/c1-10(2)7-9-11-5(4-12)3-8-6(11)13-7/h3-4H,1-2H3. The number of nitrogens with zero attached hydrogens (tertiary/aromatic N) is 4. The molecule has 0 aromatic carbocycles. The van der Waals surface area contributed by atoms with E-state index >= 15 is 0 Å². The molecular formula is C7H8N4OS. The number of hydrogen-bond donors (Lipinski definition) is 0. The largest absolute Gasteiger partial charge is 0.353 e. The van der Waals surface area contributed by atoms with Gasteiger partial charge in [0.1, 0.15) is 5.69 Å². The van der Waals surface area contributed by atoms with E-state index in [2.05, 4.69) is 10.1 Å². The van der Waals surface area contributed by atoms with E-state index in [0.717, 1.165) is 16.4 Å². The molecule has 0 unspecified atom stereocenters. The van der Waals surface area contributed by atoms with Crippen LogP contribution in [0.4, 0.5) is 5.13 Å². The monoisotopic (exact) mass is 196 g/mol. The van der Waals surface area contributed by atoms with Gasteiger partial charge in [-0.2, -0.15) is 4.52 Å². The van der Waals surface area contributed by atoms with Crippen molar-refractivity contribution in [3.63, 3.8) is 0 Å². The molecule has 6 heteroatoms. The van der Waals surface area contributed by atoms with Crippen molar-refractivity contribution in [2.75, 3.05) is 19.0 Å². The molecule has 0 fully saturated rings. The van der Waals surface area contributed by atoms with Crippen molar-refractivity contribution in [2.24, 2.45) is 0 Å². The van der Waals surface area contributed by atoms with Crippen molar-refractivity contribution in [2.45, 2.75) is 0 Å². The van der Waals surface area contributed by atoms with Crippen molar-refractivity contribution in [3.05, 3.63) is 11.9 Å². The van der Waals surface area contributed by atoms with Crippen LogP contribution in [0.1, 0.15) is 10.5 Å². The lowest BCUT2D eigenvalue weighted by Crippen LogP contribution is -2.08. The topological polar surface area (TPSA) is 50.5 Å². The smallest absolute Gasteiger partial charge is 0.214 e. The summed E-state index contributed by atoms with van der Waals surface area (Å²) in [5, 5.41) is 5.05. The summed E-state index contributed by atoms with van der Waals surface area (Å²) in [6.07, 6.45) is 2.27. The van der Waals surface area contributed by atoms with Gasteiger partial charge < -0.3 is 4.90 Å². The molecule has 0 atom stereocenters. The van der Waals surface area contributed by atoms with E-state index in [9.17, 15) is 4.79 Å². The molecule has 0 aliphatic rings. The van der Waals surface area contributed by atoms with E-state index in [1.807, 2.05) is 19.0 Å². The van der Waals surface area contributed by atoms with Gasteiger partial charge in [0, 0.05) is 14.1 Å². The fourth-order valence-electron chi connectivity index (χ4n) is 0.960. The van der Waals surface area contributed by atoms with Gasteiger partial charge in [0.2, 0.25) is 10.1 Å². The van der Waals surface area contributed by atoms with Crippen molar-refractivity contribution in [1.82, 2.24) is 14.6 Å². The van der Waals surface area contributed by atoms with Crippen molar-refractivity contribution in [3.8, 4) is 0 Å². The molecular weight excluding hydrogens is 188 g/mol. The zero-order valence-electron chi connectivity index (χ0n) is 7.26. The van der Waals surface area contributed by atoms with Crippen molar-refractivity contribution < 1.29 is 4.79 Å². The summed E-state index contributed by atoms with van der Waals surface area (Å²) in [7, 11) is 3.80. The molecule has 13 heavy (non-hydrogen) atoms. The van der Waals surface area contributed by atoms with Crippen LogP contribution in [-0.4, -0.2) is 35.0 Å². The predicted molar refractivity (Wildman–Crippen MR) is 50.6 cm³/mol. The Hall–Kier alpha value is -1.43. The minimum absolute atomic E-state index is 0.486. The van der Waals surface area contributed by atoms with E-state index in [1.54, 1.807) is 4.52 Å². The van der Waals surface area contributed by atoms with E-state index in [-0.39, 0.29) is 0 Å². The summed E-state index contributed by atoms with van der Waals surface area (Å²) in [6.45, 7) is 0. The van der Waals surface area contributed by atoms with E-state index < -0.39 is 0 Å². The van der Waals surface area contributed by atoms with Crippen LogP contribution < -0.4 is 4.90 Å². The second kappa shape index (κ2) is 2.81. The zero-order chi connectivity index (χ0) is 9.42. The Labute approximate surface area is 78.6 Å². The minimum atomic E-state index is 0.486. The number of hydrogen-bond acceptors (Lipinski definition) is 5. The number of aldehydes is 1. The van der Waals surface area contributed by atoms with Gasteiger partial charge in [-0.15, -0.1) is 5.10 Å². The number of rotatable bonds is 2. The molecule has 0 aliphatic carbocycles. The highest BCUT2D eigenvalue weighted by molar-refractivity contribution is 7.20. The summed E-state index contributed by atoms with van der Waals surface area (Å²) in [5.41, 5.74) is 0.486. The molecule has 0 saturated carbocycles. The molecule has 2 heterocycles. The average molecular weight is 196 g/mol. The Kier molecular flexibility index (Phi) is 1.77. The number of anilines is 1. The highest BCUT2D eigenvalue weighted by Crippen LogP contribution is 2.20. The molecule has 0 N–H and O–H groups in total. The molecule has 2 aromatic rings. The van der Waals surface area contributed by atoms with Crippen LogP contribution in [0.15, 0.2) is 6.20 Å². The van der Waals surface area contributed by atoms with Crippen molar-refractivity contribution >= 4 is 27.7 Å². The number of fused-ring (bicyclic) bond motifs is 1. The Morgan fingerprint density at radius 1 is 1.62 bits per heavy atom. The van der Waals surface area contributed by atoms with Crippen LogP contribution in [0.2, 0.25) is 0 Å². The lowest BCUT2D eigenvalue weighted by molar-refractivity contribution is 0.111. The lowest BCUT2D eigenvalue weighted by atomic mass is 10.5. The van der Waals surface area contributed by atoms with Gasteiger partial charge in [-0.05, 0) is 0 Å². The molecule has 2 rings (SSSR count). The van der Waals surface area contributed by atoms with E-state index in [1.165, 1.54) is 17.5 Å². The first-order chi connectivity index (χ1) is 6.22. The SMILES string of the molecule is CN(C)c1nn2c(C=O)cnc2s1. The van der Waals surface area contributed by atoms with Crippen LogP contribution in [0, 0.1) is 0 Å². The fourth-order valence-corrected chi connectivity index (χ4v) is 1.77. The van der Waals surface area contributed by atoms with E-state index in [4.69, 9.17) is 0 Å². The quantitative estimate of drug-likeness (QED) is 0.662. The first kappa shape index (κ1) is 8.18. The second-order valence-corrected chi connectivity index (χ2v) is 3.71. The fraction of sp³-hybridized carbons (Fsp3) is 0.286. The molecule has 0 bridgehead atoms. The Balaban J connectivity index is 2.62. The molecule has 0 aliphatic heterocycles. The summed E-state index contributed by atoms with van der Waals surface area (Å²) in [6, 6.07) is 0. The Morgan fingerprint density at radius 2 is 2.38 bits per heavy atom. The predicted octanol–water partition coefficient (Wildman–Crippen LogP) is 0.669. The van der Waals surface area contributed by atoms with Crippen LogP contribution in [0.25, 0.3) is 4.96 Å². The lowest BCUT2D eigenvalue weighted by Gasteiger charge is -2.03. The van der Waals surface area contributed by atoms with Crippen LogP contribution in [0.3, 0.4) is 0 Å². The van der Waals surface area contributed by atoms with Gasteiger partial charge >= 0.3 is 0 Å². The Morgan fingerprint density at radius 3 is 3.00 bits per heavy atom. The van der Waals surface area contributed by atoms with Crippen LogP contribution in [0.5, 0.6) is 0 Å². The van der Waals surface area contributed by atoms with Crippen molar-refractivity contribution in [1.29, 1.82) is 0 Å². The maximum atomic E-state index is 10.6. The van der Waals surface area contributed by atoms with Crippen LogP contribution >= 0.6 is 11.3 Å². The summed E-state index contributed by atoms with van der Waals surface area (Å²) in [5.74, 6) is 0. The maximum absolute atomic E-state index is 10.6. The number of imidazole rings is 1. The first-order valence-corrected chi connectivity index (χ1v) is 4.51. The van der Waals surface area contributed by atoms with Gasteiger partial charge in [0.15, 0.2) is 6.29 Å². The molecule has 5 nitrogen and oxygen atoms in total. The molecule has 0 spiro atoms. The average Bonchev–Trinajstić information content (AvgIpc) is 2.60. The van der Waals surface area contributed by atoms with Gasteiger partial charge in [-0.1, -0.05) is 11.3 Å². The minimum Gasteiger partial charge on any atom is -0.353 e. The first-order valence-electron chi connectivity index (χ1n) is 3.69. The zero-order valence-corrected chi connectivity index (χ0v) is 8.08. The molecule has 68 valence electrons. The number of aromatic nitrogens is 3. The van der Waals surface area contributed by atoms with E-state index in [0.29, 0.717) is 5.69 Å². The second-order valence-electron chi connectivity index (χ2n) is 2.77. The number of carbonyl (C=O) groups excluding carboxylic acids is 1. The number of carbonyl (C=O) groups is 1. The van der Waals surface area contributed by atoms with Gasteiger partial charge in [-0.3, -0.25) is 4.79 Å². The Bertz CT molecular complexity index is 444. The maximum Gasteiger partial charge on any atom is 0.214 e. The summed E-state index contributed by atoms with van der Waals surface area (Å²) in [4.78, 5) is 17.2. The van der Waals surface area contributed by atoms with Gasteiger partial charge in [0.05, 0.1) is 6.20 Å². The summed E-state index contributed by atoms with van der Waals surface area (Å²) >= 11 is 1.45. The summed E-state index contributed by atoms with van der Waals surface area (Å²) < 4.78 is 1.55.